The molecule has 10 heteroatoms. The molecular formula is C21H19N3O7. The molecule has 3 aromatic rings. The molecule has 0 radical (unpaired) electrons. The number of aromatic nitrogens is 2. The first-order chi connectivity index (χ1) is 15.0. The number of ether oxygens (including phenoxy) is 4. The molecule has 0 unspecified atom stereocenters. The van der Waals surface area contributed by atoms with Gasteiger partial charge in [0.1, 0.15) is 0 Å². The smallest absolute Gasteiger partial charge is 0.313 e. The standard InChI is InChI=1S/C21H19N3O7/c1-28-15-8-12(9-16(29-2)20(15)30-3)14-10-17(25)31-21-18(14)19(22-23-21)11-5-4-6-13(7-11)24(26)27/h4-9,14H,10H2,1-3H3,(H,22,23)/t14-/m1/s1. The Hall–Kier alpha value is -4.08. The Bertz CT molecular complexity index is 1150. The molecule has 31 heavy (non-hydrogen) atoms. The first kappa shape index (κ1) is 20.2. The number of nitro benzene ring substituents is 1. The maximum atomic E-state index is 12.3. The van der Waals surface area contributed by atoms with Crippen LogP contribution in [0.2, 0.25) is 0 Å². The number of non-ortho nitro benzene ring substituents is 1. The van der Waals surface area contributed by atoms with E-state index in [1.165, 1.54) is 33.5 Å². The van der Waals surface area contributed by atoms with E-state index >= 15 is 0 Å². The number of fused-ring (bicyclic) bond motifs is 1. The topological polar surface area (TPSA) is 126 Å². The van der Waals surface area contributed by atoms with Crippen molar-refractivity contribution < 1.29 is 28.7 Å². The van der Waals surface area contributed by atoms with Gasteiger partial charge in [0.05, 0.1) is 43.9 Å². The number of aromatic amines is 1. The summed E-state index contributed by atoms with van der Waals surface area (Å²) in [5.74, 6) is 0.562. The SMILES string of the molecule is COc1cc([C@H]2CC(=O)Oc3n[nH]c(-c4cccc([N+](=O)[O-])c4)c32)cc(OC)c1OC. The zero-order valence-corrected chi connectivity index (χ0v) is 17.0. The van der Waals surface area contributed by atoms with E-state index in [9.17, 15) is 14.9 Å². The van der Waals surface area contributed by atoms with Gasteiger partial charge in [-0.15, -0.1) is 5.10 Å². The lowest BCUT2D eigenvalue weighted by Gasteiger charge is -2.24. The van der Waals surface area contributed by atoms with Crippen molar-refractivity contribution in [3.05, 3.63) is 57.6 Å². The molecule has 1 aliphatic heterocycles. The first-order valence-electron chi connectivity index (χ1n) is 9.30. The van der Waals surface area contributed by atoms with Crippen molar-refractivity contribution in [2.45, 2.75) is 12.3 Å². The van der Waals surface area contributed by atoms with Crippen LogP contribution in [0, 0.1) is 10.1 Å². The summed E-state index contributed by atoms with van der Waals surface area (Å²) in [6, 6.07) is 9.68. The van der Waals surface area contributed by atoms with Crippen LogP contribution in [-0.2, 0) is 4.79 Å². The largest absolute Gasteiger partial charge is 0.493 e. The highest BCUT2D eigenvalue weighted by Gasteiger charge is 2.35. The number of nitrogens with one attached hydrogen (secondary N) is 1. The molecule has 0 amide bonds. The number of hydrogen-bond acceptors (Lipinski definition) is 8. The lowest BCUT2D eigenvalue weighted by molar-refractivity contribution is -0.384. The Labute approximate surface area is 176 Å². The number of carbonyl (C=O) groups excluding carboxylic acids is 1. The van der Waals surface area contributed by atoms with Crippen LogP contribution in [-0.4, -0.2) is 42.4 Å². The number of benzene rings is 2. The lowest BCUT2D eigenvalue weighted by atomic mass is 9.85. The zero-order chi connectivity index (χ0) is 22.1. The molecule has 10 nitrogen and oxygen atoms in total. The van der Waals surface area contributed by atoms with Crippen LogP contribution in [0.3, 0.4) is 0 Å². The van der Waals surface area contributed by atoms with Crippen LogP contribution in [0.15, 0.2) is 36.4 Å². The van der Waals surface area contributed by atoms with Crippen molar-refractivity contribution in [1.29, 1.82) is 0 Å². The number of nitrogens with zero attached hydrogens (tertiary/aromatic N) is 2. The second kappa shape index (κ2) is 7.98. The van der Waals surface area contributed by atoms with Gasteiger partial charge >= 0.3 is 5.97 Å². The monoisotopic (exact) mass is 425 g/mol. The second-order valence-electron chi connectivity index (χ2n) is 6.81. The molecule has 2 aromatic carbocycles. The van der Waals surface area contributed by atoms with E-state index in [1.807, 2.05) is 0 Å². The number of methoxy groups -OCH3 is 3. The third kappa shape index (κ3) is 3.52. The average molecular weight is 425 g/mol. The normalized spacial score (nSPS) is 15.1. The summed E-state index contributed by atoms with van der Waals surface area (Å²) in [7, 11) is 4.52. The predicted octanol–water partition coefficient (Wildman–Crippen LogP) is 3.45. The van der Waals surface area contributed by atoms with Crippen molar-refractivity contribution >= 4 is 11.7 Å². The highest BCUT2D eigenvalue weighted by atomic mass is 16.6. The predicted molar refractivity (Wildman–Crippen MR) is 109 cm³/mol. The van der Waals surface area contributed by atoms with E-state index in [0.717, 1.165) is 5.56 Å². The van der Waals surface area contributed by atoms with Gasteiger partial charge in [-0.05, 0) is 17.7 Å². The molecule has 0 bridgehead atoms. The lowest BCUT2D eigenvalue weighted by Crippen LogP contribution is -2.21. The van der Waals surface area contributed by atoms with Gasteiger partial charge in [-0.1, -0.05) is 12.1 Å². The molecule has 160 valence electrons. The summed E-state index contributed by atoms with van der Waals surface area (Å²) in [5.41, 5.74) is 2.37. The van der Waals surface area contributed by atoms with Gasteiger partial charge in [0.25, 0.3) is 5.69 Å². The first-order valence-corrected chi connectivity index (χ1v) is 9.30. The Morgan fingerprint density at radius 3 is 2.45 bits per heavy atom. The number of carbonyl (C=O) groups is 1. The summed E-state index contributed by atoms with van der Waals surface area (Å²) in [5, 5.41) is 18.2. The summed E-state index contributed by atoms with van der Waals surface area (Å²) < 4.78 is 21.6. The fourth-order valence-corrected chi connectivity index (χ4v) is 3.74. The molecule has 4 rings (SSSR count). The van der Waals surface area contributed by atoms with Crippen LogP contribution < -0.4 is 18.9 Å². The van der Waals surface area contributed by atoms with Crippen molar-refractivity contribution in [2.75, 3.05) is 21.3 Å². The fourth-order valence-electron chi connectivity index (χ4n) is 3.74. The van der Waals surface area contributed by atoms with Crippen LogP contribution in [0.25, 0.3) is 11.3 Å². The summed E-state index contributed by atoms with van der Waals surface area (Å²) >= 11 is 0. The molecule has 1 N–H and O–H groups in total. The molecule has 0 fully saturated rings. The van der Waals surface area contributed by atoms with Crippen molar-refractivity contribution in [1.82, 2.24) is 10.2 Å². The van der Waals surface area contributed by atoms with Gasteiger partial charge in [0.15, 0.2) is 11.5 Å². The Balaban J connectivity index is 1.89. The van der Waals surface area contributed by atoms with E-state index in [0.29, 0.717) is 34.1 Å². The molecule has 0 saturated heterocycles. The van der Waals surface area contributed by atoms with E-state index in [1.54, 1.807) is 24.3 Å². The number of H-pyrrole nitrogens is 1. The molecule has 0 spiro atoms. The molecule has 2 heterocycles. The zero-order valence-electron chi connectivity index (χ0n) is 17.0. The van der Waals surface area contributed by atoms with Gasteiger partial charge in [0, 0.05) is 23.6 Å². The molecule has 0 saturated carbocycles. The van der Waals surface area contributed by atoms with Crippen LogP contribution in [0.5, 0.6) is 23.1 Å². The van der Waals surface area contributed by atoms with Crippen molar-refractivity contribution in [3.8, 4) is 34.4 Å². The Morgan fingerprint density at radius 1 is 1.13 bits per heavy atom. The van der Waals surface area contributed by atoms with Gasteiger partial charge in [0.2, 0.25) is 11.6 Å². The van der Waals surface area contributed by atoms with Gasteiger partial charge in [-0.3, -0.25) is 20.0 Å². The van der Waals surface area contributed by atoms with Crippen molar-refractivity contribution in [2.24, 2.45) is 0 Å². The summed E-state index contributed by atoms with van der Waals surface area (Å²) in [4.78, 5) is 23.0. The maximum absolute atomic E-state index is 12.3. The minimum atomic E-state index is -0.469. The van der Waals surface area contributed by atoms with E-state index in [2.05, 4.69) is 10.2 Å². The fraction of sp³-hybridized carbons (Fsp3) is 0.238. The number of esters is 1. The molecule has 1 atom stereocenters. The van der Waals surface area contributed by atoms with Gasteiger partial charge in [-0.2, -0.15) is 0 Å². The van der Waals surface area contributed by atoms with E-state index < -0.39 is 16.8 Å². The minimum absolute atomic E-state index is 0.0487. The van der Waals surface area contributed by atoms with Gasteiger partial charge in [-0.25, -0.2) is 0 Å². The maximum Gasteiger partial charge on any atom is 0.313 e. The molecule has 1 aromatic heterocycles. The molecular weight excluding hydrogens is 406 g/mol. The van der Waals surface area contributed by atoms with Gasteiger partial charge < -0.3 is 18.9 Å². The average Bonchev–Trinajstić information content (AvgIpc) is 3.21. The molecule has 0 aliphatic carbocycles. The van der Waals surface area contributed by atoms with Crippen LogP contribution >= 0.6 is 0 Å². The molecule has 1 aliphatic rings. The number of hydrogen-bond donors (Lipinski definition) is 1. The number of nitro groups is 1. The number of rotatable bonds is 6. The summed E-state index contributed by atoms with van der Waals surface area (Å²) in [6.45, 7) is 0. The third-order valence-corrected chi connectivity index (χ3v) is 5.13. The Kier molecular flexibility index (Phi) is 5.20. The highest BCUT2D eigenvalue weighted by Crippen LogP contribution is 2.47. The minimum Gasteiger partial charge on any atom is -0.493 e. The van der Waals surface area contributed by atoms with Crippen LogP contribution in [0.4, 0.5) is 5.69 Å². The second-order valence-corrected chi connectivity index (χ2v) is 6.81. The van der Waals surface area contributed by atoms with Crippen LogP contribution in [0.1, 0.15) is 23.5 Å². The Morgan fingerprint density at radius 2 is 1.84 bits per heavy atom. The third-order valence-electron chi connectivity index (χ3n) is 5.13. The summed E-state index contributed by atoms with van der Waals surface area (Å²) in [6.07, 6.45) is 0.0487. The van der Waals surface area contributed by atoms with E-state index in [-0.39, 0.29) is 18.0 Å². The highest BCUT2D eigenvalue weighted by molar-refractivity contribution is 5.81. The quantitative estimate of drug-likeness (QED) is 0.362. The van der Waals surface area contributed by atoms with Crippen molar-refractivity contribution in [3.63, 3.8) is 0 Å². The van der Waals surface area contributed by atoms with E-state index in [4.69, 9.17) is 18.9 Å².